The van der Waals surface area contributed by atoms with Crippen LogP contribution in [0.5, 0.6) is 0 Å². The van der Waals surface area contributed by atoms with Crippen LogP contribution in [0.3, 0.4) is 0 Å². The Labute approximate surface area is 80.4 Å². The van der Waals surface area contributed by atoms with Crippen molar-refractivity contribution in [1.29, 1.82) is 0 Å². The van der Waals surface area contributed by atoms with Gasteiger partial charge in [0.2, 0.25) is 5.95 Å². The highest BCUT2D eigenvalue weighted by molar-refractivity contribution is 5.71. The number of aliphatic hydroxyl groups is 1. The molecule has 6 heteroatoms. The van der Waals surface area contributed by atoms with Crippen molar-refractivity contribution in [2.24, 2.45) is 0 Å². The molecule has 0 aromatic carbocycles. The van der Waals surface area contributed by atoms with Gasteiger partial charge in [0, 0.05) is 6.54 Å². The minimum atomic E-state index is 0.0518. The minimum Gasteiger partial charge on any atom is -0.395 e. The summed E-state index contributed by atoms with van der Waals surface area (Å²) in [6, 6.07) is 0. The Morgan fingerprint density at radius 1 is 1.50 bits per heavy atom. The van der Waals surface area contributed by atoms with Crippen LogP contribution in [0.4, 0.5) is 5.95 Å². The third kappa shape index (κ3) is 1.29. The summed E-state index contributed by atoms with van der Waals surface area (Å²) >= 11 is 0. The molecule has 0 unspecified atom stereocenters. The number of hydrogen-bond donors (Lipinski definition) is 2. The molecule has 2 aromatic heterocycles. The van der Waals surface area contributed by atoms with Gasteiger partial charge in [-0.2, -0.15) is 4.98 Å². The van der Waals surface area contributed by atoms with Gasteiger partial charge < -0.3 is 15.4 Å². The van der Waals surface area contributed by atoms with E-state index in [0.717, 1.165) is 5.82 Å². The molecular weight excluding hydrogens is 182 g/mol. The first-order chi connectivity index (χ1) is 6.72. The smallest absolute Gasteiger partial charge is 0.222 e. The molecular formula is C8H11N5O. The summed E-state index contributed by atoms with van der Waals surface area (Å²) in [5.74, 6) is 1.02. The van der Waals surface area contributed by atoms with E-state index in [1.165, 1.54) is 0 Å². The van der Waals surface area contributed by atoms with Crippen molar-refractivity contribution >= 4 is 17.1 Å². The maximum absolute atomic E-state index is 8.87. The zero-order valence-electron chi connectivity index (χ0n) is 7.80. The Bertz CT molecular complexity index is 464. The summed E-state index contributed by atoms with van der Waals surface area (Å²) < 4.78 is 1.81. The van der Waals surface area contributed by atoms with Gasteiger partial charge in [0.15, 0.2) is 5.65 Å². The average molecular weight is 193 g/mol. The molecule has 2 rings (SSSR count). The summed E-state index contributed by atoms with van der Waals surface area (Å²) in [6.45, 7) is 2.38. The molecule has 0 saturated carbocycles. The van der Waals surface area contributed by atoms with Gasteiger partial charge in [-0.05, 0) is 6.92 Å². The maximum atomic E-state index is 8.87. The van der Waals surface area contributed by atoms with Crippen molar-refractivity contribution in [2.45, 2.75) is 13.5 Å². The first-order valence-electron chi connectivity index (χ1n) is 4.28. The van der Waals surface area contributed by atoms with E-state index < -0.39 is 0 Å². The van der Waals surface area contributed by atoms with E-state index in [-0.39, 0.29) is 12.6 Å². The van der Waals surface area contributed by atoms with E-state index in [1.54, 1.807) is 6.20 Å². The first kappa shape index (κ1) is 8.89. The fourth-order valence-corrected chi connectivity index (χ4v) is 1.41. The van der Waals surface area contributed by atoms with E-state index >= 15 is 0 Å². The molecule has 2 heterocycles. The Hall–Kier alpha value is -1.69. The normalized spacial score (nSPS) is 11.0. The summed E-state index contributed by atoms with van der Waals surface area (Å²) in [6.07, 6.45) is 1.58. The van der Waals surface area contributed by atoms with Crippen LogP contribution in [-0.4, -0.2) is 31.2 Å². The van der Waals surface area contributed by atoms with E-state index in [9.17, 15) is 0 Å². The van der Waals surface area contributed by atoms with Crippen molar-refractivity contribution in [1.82, 2.24) is 19.5 Å². The van der Waals surface area contributed by atoms with Crippen LogP contribution in [0.15, 0.2) is 6.20 Å². The number of nitrogens with zero attached hydrogens (tertiary/aromatic N) is 4. The van der Waals surface area contributed by atoms with Crippen molar-refractivity contribution in [3.63, 3.8) is 0 Å². The number of nitrogens with two attached hydrogens (primary N) is 1. The zero-order chi connectivity index (χ0) is 10.1. The molecule has 0 radical (unpaired) electrons. The highest BCUT2D eigenvalue weighted by Gasteiger charge is 2.08. The number of aryl methyl sites for hydroxylation is 1. The minimum absolute atomic E-state index is 0.0518. The van der Waals surface area contributed by atoms with Crippen molar-refractivity contribution in [3.8, 4) is 0 Å². The van der Waals surface area contributed by atoms with Crippen LogP contribution in [0.1, 0.15) is 5.82 Å². The highest BCUT2D eigenvalue weighted by Crippen LogP contribution is 2.12. The Morgan fingerprint density at radius 3 is 3.00 bits per heavy atom. The molecule has 14 heavy (non-hydrogen) atoms. The predicted octanol–water partition coefficient (Wildman–Crippen LogP) is -0.291. The van der Waals surface area contributed by atoms with E-state index in [2.05, 4.69) is 15.0 Å². The molecule has 0 aliphatic carbocycles. The standard InChI is InChI=1S/C8H11N5O/c1-5-11-6-4-10-8(9)12-7(6)13(5)2-3-14/h4,14H,2-3H2,1H3,(H2,9,10,12). The number of anilines is 1. The molecule has 0 amide bonds. The van der Waals surface area contributed by atoms with Crippen LogP contribution < -0.4 is 5.73 Å². The number of aromatic nitrogens is 4. The lowest BCUT2D eigenvalue weighted by Crippen LogP contribution is -2.05. The van der Waals surface area contributed by atoms with Gasteiger partial charge >= 0.3 is 0 Å². The van der Waals surface area contributed by atoms with Crippen LogP contribution in [0, 0.1) is 6.92 Å². The molecule has 0 saturated heterocycles. The third-order valence-corrected chi connectivity index (χ3v) is 2.02. The van der Waals surface area contributed by atoms with Gasteiger partial charge in [0.1, 0.15) is 11.3 Å². The van der Waals surface area contributed by atoms with Crippen LogP contribution in [0.25, 0.3) is 11.2 Å². The fraction of sp³-hybridized carbons (Fsp3) is 0.375. The number of aliphatic hydroxyl groups excluding tert-OH is 1. The van der Waals surface area contributed by atoms with Crippen LogP contribution in [0.2, 0.25) is 0 Å². The van der Waals surface area contributed by atoms with Gasteiger partial charge in [0.25, 0.3) is 0 Å². The van der Waals surface area contributed by atoms with Crippen molar-refractivity contribution in [3.05, 3.63) is 12.0 Å². The molecule has 0 aliphatic rings. The molecule has 3 N–H and O–H groups in total. The Morgan fingerprint density at radius 2 is 2.29 bits per heavy atom. The molecule has 6 nitrogen and oxygen atoms in total. The monoisotopic (exact) mass is 193 g/mol. The number of hydrogen-bond acceptors (Lipinski definition) is 5. The lowest BCUT2D eigenvalue weighted by Gasteiger charge is -2.02. The van der Waals surface area contributed by atoms with Gasteiger partial charge in [0.05, 0.1) is 12.8 Å². The van der Waals surface area contributed by atoms with Crippen molar-refractivity contribution in [2.75, 3.05) is 12.3 Å². The summed E-state index contributed by atoms with van der Waals surface area (Å²) in [7, 11) is 0. The molecule has 74 valence electrons. The largest absolute Gasteiger partial charge is 0.395 e. The second kappa shape index (κ2) is 3.22. The average Bonchev–Trinajstić information content (AvgIpc) is 2.45. The number of nitrogen functional groups attached to an aromatic ring is 1. The molecule has 0 fully saturated rings. The first-order valence-corrected chi connectivity index (χ1v) is 4.28. The highest BCUT2D eigenvalue weighted by atomic mass is 16.3. The number of fused-ring (bicyclic) bond motifs is 1. The van der Waals surface area contributed by atoms with E-state index in [1.807, 2.05) is 11.5 Å². The summed E-state index contributed by atoms with van der Waals surface area (Å²) in [5.41, 5.74) is 6.84. The van der Waals surface area contributed by atoms with Gasteiger partial charge in [-0.15, -0.1) is 0 Å². The van der Waals surface area contributed by atoms with Gasteiger partial charge in [-0.25, -0.2) is 9.97 Å². The second-order valence-electron chi connectivity index (χ2n) is 2.97. The lowest BCUT2D eigenvalue weighted by molar-refractivity contribution is 0.276. The quantitative estimate of drug-likeness (QED) is 0.684. The summed E-state index contributed by atoms with van der Waals surface area (Å²) in [4.78, 5) is 12.2. The zero-order valence-corrected chi connectivity index (χ0v) is 7.80. The SMILES string of the molecule is Cc1nc2cnc(N)nc2n1CCO. The second-order valence-corrected chi connectivity index (χ2v) is 2.97. The third-order valence-electron chi connectivity index (χ3n) is 2.02. The molecule has 0 bridgehead atoms. The molecule has 0 aliphatic heterocycles. The number of rotatable bonds is 2. The van der Waals surface area contributed by atoms with Gasteiger partial charge in [-0.1, -0.05) is 0 Å². The van der Waals surface area contributed by atoms with E-state index in [0.29, 0.717) is 17.7 Å². The predicted molar refractivity (Wildman–Crippen MR) is 51.6 cm³/mol. The number of imidazole rings is 1. The molecule has 2 aromatic rings. The van der Waals surface area contributed by atoms with Crippen molar-refractivity contribution < 1.29 is 5.11 Å². The Kier molecular flexibility index (Phi) is 2.05. The maximum Gasteiger partial charge on any atom is 0.222 e. The fourth-order valence-electron chi connectivity index (χ4n) is 1.41. The Balaban J connectivity index is 2.66. The summed E-state index contributed by atoms with van der Waals surface area (Å²) in [5, 5.41) is 8.87. The molecule has 0 atom stereocenters. The van der Waals surface area contributed by atoms with E-state index in [4.69, 9.17) is 10.8 Å². The lowest BCUT2D eigenvalue weighted by atomic mass is 10.5. The van der Waals surface area contributed by atoms with Crippen LogP contribution in [-0.2, 0) is 6.54 Å². The topological polar surface area (TPSA) is 89.9 Å². The van der Waals surface area contributed by atoms with Gasteiger partial charge in [-0.3, -0.25) is 0 Å². The van der Waals surface area contributed by atoms with Crippen LogP contribution >= 0.6 is 0 Å². The molecule has 0 spiro atoms.